The van der Waals surface area contributed by atoms with Gasteiger partial charge in [-0.1, -0.05) is 5.16 Å². The van der Waals surface area contributed by atoms with Gasteiger partial charge in [-0.05, 0) is 20.8 Å². The van der Waals surface area contributed by atoms with Crippen LogP contribution in [-0.4, -0.2) is 23.1 Å². The monoisotopic (exact) mass is 421 g/mol. The van der Waals surface area contributed by atoms with Crippen LogP contribution in [-0.2, 0) is 13.1 Å². The largest absolute Gasteiger partial charge is 0.359 e. The summed E-state index contributed by atoms with van der Waals surface area (Å²) in [4.78, 5) is 9.81. The molecule has 0 amide bonds. The Bertz CT molecular complexity index is 607. The van der Waals surface area contributed by atoms with E-state index in [1.165, 1.54) is 4.88 Å². The smallest absolute Gasteiger partial charge is 0.191 e. The SMILES string of the molecule is CN=C(NCc1cc(C)no1)NCc1sc(C)nc1C.I. The molecule has 0 aromatic carbocycles. The number of hydrogen-bond donors (Lipinski definition) is 2. The molecule has 0 aliphatic carbocycles. The number of hydrogen-bond acceptors (Lipinski definition) is 5. The van der Waals surface area contributed by atoms with E-state index >= 15 is 0 Å². The van der Waals surface area contributed by atoms with Crippen LogP contribution in [0, 0.1) is 20.8 Å². The van der Waals surface area contributed by atoms with Crippen molar-refractivity contribution in [3.63, 3.8) is 0 Å². The lowest BCUT2D eigenvalue weighted by atomic mass is 10.4. The van der Waals surface area contributed by atoms with Crippen LogP contribution < -0.4 is 10.6 Å². The highest BCUT2D eigenvalue weighted by atomic mass is 127. The second kappa shape index (κ2) is 8.32. The Morgan fingerprint density at radius 3 is 2.52 bits per heavy atom. The van der Waals surface area contributed by atoms with Crippen molar-refractivity contribution in [3.05, 3.63) is 33.1 Å². The molecule has 21 heavy (non-hydrogen) atoms. The number of aromatic nitrogens is 2. The Labute approximate surface area is 145 Å². The van der Waals surface area contributed by atoms with E-state index in [2.05, 4.69) is 25.8 Å². The average Bonchev–Trinajstić information content (AvgIpc) is 2.96. The van der Waals surface area contributed by atoms with Gasteiger partial charge in [0.05, 0.1) is 29.5 Å². The third kappa shape index (κ3) is 5.27. The van der Waals surface area contributed by atoms with Crippen LogP contribution in [0.1, 0.15) is 27.0 Å². The van der Waals surface area contributed by atoms with Crippen molar-refractivity contribution in [1.82, 2.24) is 20.8 Å². The van der Waals surface area contributed by atoms with Gasteiger partial charge in [-0.2, -0.15) is 0 Å². The number of thiazole rings is 1. The number of aryl methyl sites for hydroxylation is 3. The molecule has 0 saturated heterocycles. The van der Waals surface area contributed by atoms with E-state index in [0.29, 0.717) is 13.1 Å². The van der Waals surface area contributed by atoms with Crippen LogP contribution in [0.2, 0.25) is 0 Å². The van der Waals surface area contributed by atoms with Crippen molar-refractivity contribution < 1.29 is 4.52 Å². The lowest BCUT2D eigenvalue weighted by Gasteiger charge is -2.09. The zero-order valence-electron chi connectivity index (χ0n) is 12.6. The van der Waals surface area contributed by atoms with Gasteiger partial charge < -0.3 is 15.2 Å². The van der Waals surface area contributed by atoms with Crippen LogP contribution in [0.5, 0.6) is 0 Å². The van der Waals surface area contributed by atoms with Crippen molar-refractivity contribution in [2.45, 2.75) is 33.9 Å². The Hall–Kier alpha value is -1.16. The van der Waals surface area contributed by atoms with Crippen molar-refractivity contribution in [3.8, 4) is 0 Å². The van der Waals surface area contributed by atoms with E-state index < -0.39 is 0 Å². The van der Waals surface area contributed by atoms with Gasteiger partial charge in [0.1, 0.15) is 0 Å². The predicted octanol–water partition coefficient (Wildman–Crippen LogP) is 2.54. The van der Waals surface area contributed by atoms with Crippen LogP contribution >= 0.6 is 35.3 Å². The first-order valence-corrected chi connectivity index (χ1v) is 7.19. The second-order valence-corrected chi connectivity index (χ2v) is 5.74. The van der Waals surface area contributed by atoms with Gasteiger partial charge in [-0.15, -0.1) is 35.3 Å². The highest BCUT2D eigenvalue weighted by Gasteiger charge is 2.06. The first-order chi connectivity index (χ1) is 9.58. The minimum absolute atomic E-state index is 0. The molecule has 0 radical (unpaired) electrons. The molecule has 0 saturated carbocycles. The predicted molar refractivity (Wildman–Crippen MR) is 95.3 cm³/mol. The molecule has 0 unspecified atom stereocenters. The summed E-state index contributed by atoms with van der Waals surface area (Å²) in [7, 11) is 1.74. The average molecular weight is 421 g/mol. The van der Waals surface area contributed by atoms with Crippen molar-refractivity contribution >= 4 is 41.3 Å². The Kier molecular flexibility index (Phi) is 7.09. The third-order valence-electron chi connectivity index (χ3n) is 2.75. The van der Waals surface area contributed by atoms with E-state index in [4.69, 9.17) is 4.52 Å². The number of rotatable bonds is 4. The van der Waals surface area contributed by atoms with Gasteiger partial charge in [0.25, 0.3) is 0 Å². The molecule has 8 heteroatoms. The highest BCUT2D eigenvalue weighted by molar-refractivity contribution is 14.0. The molecule has 2 heterocycles. The van der Waals surface area contributed by atoms with Crippen LogP contribution in [0.25, 0.3) is 0 Å². The maximum absolute atomic E-state index is 5.14. The fourth-order valence-corrected chi connectivity index (χ4v) is 2.67. The Balaban J connectivity index is 0.00000220. The van der Waals surface area contributed by atoms with E-state index in [1.54, 1.807) is 18.4 Å². The fourth-order valence-electron chi connectivity index (χ4n) is 1.79. The van der Waals surface area contributed by atoms with E-state index in [0.717, 1.165) is 28.1 Å². The minimum atomic E-state index is 0. The minimum Gasteiger partial charge on any atom is -0.359 e. The van der Waals surface area contributed by atoms with Gasteiger partial charge >= 0.3 is 0 Å². The molecule has 0 fully saturated rings. The highest BCUT2D eigenvalue weighted by Crippen LogP contribution is 2.16. The second-order valence-electron chi connectivity index (χ2n) is 4.46. The quantitative estimate of drug-likeness (QED) is 0.451. The summed E-state index contributed by atoms with van der Waals surface area (Å²) in [5.74, 6) is 1.51. The molecule has 0 atom stereocenters. The zero-order valence-corrected chi connectivity index (χ0v) is 15.7. The number of aliphatic imine (C=N–C) groups is 1. The Morgan fingerprint density at radius 2 is 2.00 bits per heavy atom. The normalized spacial score (nSPS) is 11.1. The standard InChI is InChI=1S/C13H19N5OS.HI/c1-8-5-11(19-18-8)6-15-13(14-4)16-7-12-9(2)17-10(3)20-12;/h5H,6-7H2,1-4H3,(H2,14,15,16);1H. The summed E-state index contributed by atoms with van der Waals surface area (Å²) in [6.45, 7) is 7.21. The van der Waals surface area contributed by atoms with Gasteiger partial charge in [0, 0.05) is 18.0 Å². The molecular weight excluding hydrogens is 401 g/mol. The molecule has 0 aliphatic rings. The summed E-state index contributed by atoms with van der Waals surface area (Å²) < 4.78 is 5.14. The number of guanidine groups is 1. The molecule has 0 bridgehead atoms. The lowest BCUT2D eigenvalue weighted by Crippen LogP contribution is -2.36. The summed E-state index contributed by atoms with van der Waals surface area (Å²) >= 11 is 1.70. The maximum Gasteiger partial charge on any atom is 0.191 e. The molecule has 0 aliphatic heterocycles. The summed E-state index contributed by atoms with van der Waals surface area (Å²) in [6, 6.07) is 1.90. The Morgan fingerprint density at radius 1 is 1.29 bits per heavy atom. The van der Waals surface area contributed by atoms with Gasteiger partial charge in [0.15, 0.2) is 11.7 Å². The molecule has 6 nitrogen and oxygen atoms in total. The van der Waals surface area contributed by atoms with Gasteiger partial charge in [-0.25, -0.2) is 4.98 Å². The number of halogens is 1. The maximum atomic E-state index is 5.14. The number of nitrogens with one attached hydrogen (secondary N) is 2. The van der Waals surface area contributed by atoms with Gasteiger partial charge in [-0.3, -0.25) is 4.99 Å². The van der Waals surface area contributed by atoms with Crippen molar-refractivity contribution in [2.75, 3.05) is 7.05 Å². The van der Waals surface area contributed by atoms with Gasteiger partial charge in [0.2, 0.25) is 0 Å². The molecule has 2 aromatic rings. The molecular formula is C13H20IN5OS. The lowest BCUT2D eigenvalue weighted by molar-refractivity contribution is 0.376. The number of nitrogens with zero attached hydrogens (tertiary/aromatic N) is 3. The first kappa shape index (κ1) is 17.9. The van der Waals surface area contributed by atoms with Crippen molar-refractivity contribution in [1.29, 1.82) is 0 Å². The third-order valence-corrected chi connectivity index (χ3v) is 3.82. The van der Waals surface area contributed by atoms with Crippen LogP contribution in [0.3, 0.4) is 0 Å². The van der Waals surface area contributed by atoms with Crippen LogP contribution in [0.15, 0.2) is 15.6 Å². The first-order valence-electron chi connectivity index (χ1n) is 6.38. The van der Waals surface area contributed by atoms with Crippen molar-refractivity contribution in [2.24, 2.45) is 4.99 Å². The summed E-state index contributed by atoms with van der Waals surface area (Å²) in [6.07, 6.45) is 0. The topological polar surface area (TPSA) is 75.3 Å². The molecule has 2 rings (SSSR count). The van der Waals surface area contributed by atoms with E-state index in [-0.39, 0.29) is 24.0 Å². The molecule has 2 N–H and O–H groups in total. The zero-order chi connectivity index (χ0) is 14.5. The molecule has 0 spiro atoms. The molecule has 116 valence electrons. The molecule has 2 aromatic heterocycles. The summed E-state index contributed by atoms with van der Waals surface area (Å²) in [5, 5.41) is 11.4. The van der Waals surface area contributed by atoms with E-state index in [1.807, 2.05) is 26.8 Å². The van der Waals surface area contributed by atoms with E-state index in [9.17, 15) is 0 Å². The fraction of sp³-hybridized carbons (Fsp3) is 0.462. The van der Waals surface area contributed by atoms with Crippen LogP contribution in [0.4, 0.5) is 0 Å². The summed E-state index contributed by atoms with van der Waals surface area (Å²) in [5.41, 5.74) is 1.95.